The van der Waals surface area contributed by atoms with Crippen molar-refractivity contribution in [3.05, 3.63) is 0 Å². The van der Waals surface area contributed by atoms with Crippen molar-refractivity contribution in [2.24, 2.45) is 0 Å². The van der Waals surface area contributed by atoms with Gasteiger partial charge in [0.25, 0.3) is 0 Å². The van der Waals surface area contributed by atoms with Gasteiger partial charge in [-0.25, -0.2) is 4.79 Å². The molecule has 9 nitrogen and oxygen atoms in total. The van der Waals surface area contributed by atoms with Crippen LogP contribution in [0.5, 0.6) is 0 Å². The van der Waals surface area contributed by atoms with E-state index in [0.717, 1.165) is 13.0 Å². The molecule has 0 aliphatic rings. The molecule has 0 aliphatic heterocycles. The minimum Gasteiger partial charge on any atom is -0.444 e. The van der Waals surface area contributed by atoms with Crippen LogP contribution in [-0.4, -0.2) is 109 Å². The molecule has 0 bridgehead atoms. The Morgan fingerprint density at radius 1 is 0.588 bits per heavy atom. The largest absolute Gasteiger partial charge is 0.444 e. The monoisotopic (exact) mass is 493 g/mol. The van der Waals surface area contributed by atoms with E-state index in [2.05, 4.69) is 6.92 Å². The predicted octanol–water partition coefficient (Wildman–Crippen LogP) is 3.92. The lowest BCUT2D eigenvalue weighted by molar-refractivity contribution is -0.0180. The normalized spacial score (nSPS) is 11.7. The van der Waals surface area contributed by atoms with Crippen LogP contribution in [0.4, 0.5) is 4.79 Å². The Labute approximate surface area is 207 Å². The van der Waals surface area contributed by atoms with Gasteiger partial charge in [-0.2, -0.15) is 0 Å². The summed E-state index contributed by atoms with van der Waals surface area (Å²) in [5, 5.41) is 0. The third-order valence-corrected chi connectivity index (χ3v) is 4.53. The van der Waals surface area contributed by atoms with Gasteiger partial charge < -0.3 is 38.1 Å². The zero-order chi connectivity index (χ0) is 25.3. The Bertz CT molecular complexity index is 445. The summed E-state index contributed by atoms with van der Waals surface area (Å²) < 4.78 is 38.1. The van der Waals surface area contributed by atoms with E-state index in [1.807, 2.05) is 20.8 Å². The van der Waals surface area contributed by atoms with Gasteiger partial charge in [-0.15, -0.1) is 0 Å². The van der Waals surface area contributed by atoms with Crippen LogP contribution in [0, 0.1) is 0 Å². The van der Waals surface area contributed by atoms with E-state index in [4.69, 9.17) is 33.2 Å². The summed E-state index contributed by atoms with van der Waals surface area (Å²) >= 11 is 0. The maximum absolute atomic E-state index is 11.8. The molecule has 0 N–H and O–H groups in total. The first kappa shape index (κ1) is 33.0. The average molecular weight is 494 g/mol. The molecular formula is C25H51NO8. The van der Waals surface area contributed by atoms with E-state index in [1.165, 1.54) is 30.6 Å². The summed E-state index contributed by atoms with van der Waals surface area (Å²) in [5.41, 5.74) is -0.495. The Balaban J connectivity index is 3.18. The minimum absolute atomic E-state index is 0.352. The summed E-state index contributed by atoms with van der Waals surface area (Å²) in [6.07, 6.45) is 5.93. The van der Waals surface area contributed by atoms with Gasteiger partial charge in [0.15, 0.2) is 0 Å². The number of rotatable bonds is 24. The van der Waals surface area contributed by atoms with Gasteiger partial charge in [0.05, 0.1) is 72.7 Å². The molecular weight excluding hydrogens is 442 g/mol. The first-order chi connectivity index (χ1) is 16.4. The molecule has 34 heavy (non-hydrogen) atoms. The lowest BCUT2D eigenvalue weighted by Crippen LogP contribution is -2.36. The molecule has 0 unspecified atom stereocenters. The molecule has 204 valence electrons. The highest BCUT2D eigenvalue weighted by molar-refractivity contribution is 5.67. The Morgan fingerprint density at radius 2 is 0.971 bits per heavy atom. The molecule has 0 saturated heterocycles. The van der Waals surface area contributed by atoms with Gasteiger partial charge in [-0.1, -0.05) is 32.6 Å². The molecule has 0 aliphatic carbocycles. The van der Waals surface area contributed by atoms with Crippen LogP contribution in [0.15, 0.2) is 0 Å². The first-order valence-corrected chi connectivity index (χ1v) is 12.8. The van der Waals surface area contributed by atoms with Crippen LogP contribution in [0.1, 0.15) is 59.8 Å². The van der Waals surface area contributed by atoms with E-state index in [-0.39, 0.29) is 6.09 Å². The maximum atomic E-state index is 11.8. The minimum atomic E-state index is -0.495. The first-order valence-electron chi connectivity index (χ1n) is 12.8. The van der Waals surface area contributed by atoms with Crippen LogP contribution in [0.2, 0.25) is 0 Å². The highest BCUT2D eigenvalue weighted by Gasteiger charge is 2.19. The van der Waals surface area contributed by atoms with Crippen molar-refractivity contribution in [2.45, 2.75) is 65.4 Å². The van der Waals surface area contributed by atoms with E-state index in [0.29, 0.717) is 79.2 Å². The molecule has 0 spiro atoms. The number of hydrogen-bond donors (Lipinski definition) is 0. The predicted molar refractivity (Wildman–Crippen MR) is 133 cm³/mol. The number of nitrogens with zero attached hydrogens (tertiary/aromatic N) is 1. The Morgan fingerprint density at radius 3 is 1.38 bits per heavy atom. The van der Waals surface area contributed by atoms with Crippen molar-refractivity contribution < 1.29 is 38.0 Å². The number of ether oxygens (including phenoxy) is 7. The SMILES string of the molecule is CCCCCCCOCCOCCOCCOCCOCCOCCN(C)C(=O)OC(C)(C)C. The average Bonchev–Trinajstić information content (AvgIpc) is 2.78. The zero-order valence-corrected chi connectivity index (χ0v) is 22.4. The van der Waals surface area contributed by atoms with Crippen molar-refractivity contribution in [1.29, 1.82) is 0 Å². The quantitative estimate of drug-likeness (QED) is 0.187. The molecule has 9 heteroatoms. The van der Waals surface area contributed by atoms with E-state index >= 15 is 0 Å². The molecule has 0 heterocycles. The smallest absolute Gasteiger partial charge is 0.410 e. The summed E-state index contributed by atoms with van der Waals surface area (Å²) in [4.78, 5) is 13.3. The topological polar surface area (TPSA) is 84.9 Å². The van der Waals surface area contributed by atoms with E-state index in [9.17, 15) is 4.79 Å². The number of amides is 1. The molecule has 0 aromatic carbocycles. The van der Waals surface area contributed by atoms with Crippen molar-refractivity contribution in [1.82, 2.24) is 4.90 Å². The van der Waals surface area contributed by atoms with Crippen LogP contribution in [0.3, 0.4) is 0 Å². The van der Waals surface area contributed by atoms with Gasteiger partial charge in [-0.05, 0) is 27.2 Å². The Kier molecular flexibility index (Phi) is 23.1. The molecule has 0 saturated carbocycles. The highest BCUT2D eigenvalue weighted by atomic mass is 16.6. The second-order valence-corrected chi connectivity index (χ2v) is 8.99. The van der Waals surface area contributed by atoms with Gasteiger partial charge in [0, 0.05) is 20.2 Å². The van der Waals surface area contributed by atoms with Crippen molar-refractivity contribution >= 4 is 6.09 Å². The third kappa shape index (κ3) is 25.6. The number of carbonyl (C=O) groups excluding carboxylic acids is 1. The van der Waals surface area contributed by atoms with Crippen molar-refractivity contribution in [3.63, 3.8) is 0 Å². The summed E-state index contributed by atoms with van der Waals surface area (Å²) in [5.74, 6) is 0. The van der Waals surface area contributed by atoms with Crippen LogP contribution >= 0.6 is 0 Å². The third-order valence-electron chi connectivity index (χ3n) is 4.53. The summed E-state index contributed by atoms with van der Waals surface area (Å²) in [6, 6.07) is 0. The maximum Gasteiger partial charge on any atom is 0.410 e. The number of carbonyl (C=O) groups is 1. The highest BCUT2D eigenvalue weighted by Crippen LogP contribution is 2.08. The van der Waals surface area contributed by atoms with Crippen molar-refractivity contribution in [2.75, 3.05) is 92.9 Å². The second-order valence-electron chi connectivity index (χ2n) is 8.99. The summed E-state index contributed by atoms with van der Waals surface area (Å²) in [7, 11) is 1.69. The lowest BCUT2D eigenvalue weighted by atomic mass is 10.2. The van der Waals surface area contributed by atoms with Gasteiger partial charge in [-0.3, -0.25) is 0 Å². The zero-order valence-electron chi connectivity index (χ0n) is 22.4. The fourth-order valence-corrected chi connectivity index (χ4v) is 2.64. The second kappa shape index (κ2) is 23.8. The number of hydrogen-bond acceptors (Lipinski definition) is 8. The molecule has 0 aromatic heterocycles. The van der Waals surface area contributed by atoms with Crippen LogP contribution < -0.4 is 0 Å². The number of unbranched alkanes of at least 4 members (excludes halogenated alkanes) is 4. The molecule has 1 amide bonds. The summed E-state index contributed by atoms with van der Waals surface area (Å²) in [6.45, 7) is 14.9. The Hall–Kier alpha value is -0.970. The van der Waals surface area contributed by atoms with Gasteiger partial charge in [0.2, 0.25) is 0 Å². The fourth-order valence-electron chi connectivity index (χ4n) is 2.64. The van der Waals surface area contributed by atoms with Crippen molar-refractivity contribution in [3.8, 4) is 0 Å². The molecule has 0 atom stereocenters. The molecule has 0 aromatic rings. The van der Waals surface area contributed by atoms with E-state index < -0.39 is 5.60 Å². The lowest BCUT2D eigenvalue weighted by Gasteiger charge is -2.24. The standard InChI is InChI=1S/C25H51NO8/c1-6-7-8-9-10-12-28-14-16-30-18-20-32-22-23-33-21-19-31-17-15-29-13-11-26(5)24(27)34-25(2,3)4/h6-23H2,1-5H3. The number of likely N-dealkylation sites (N-methyl/N-ethyl adjacent to an activating group) is 1. The van der Waals surface area contributed by atoms with Crippen LogP contribution in [-0.2, 0) is 33.2 Å². The van der Waals surface area contributed by atoms with E-state index in [1.54, 1.807) is 7.05 Å². The van der Waals surface area contributed by atoms with Crippen LogP contribution in [0.25, 0.3) is 0 Å². The fraction of sp³-hybridized carbons (Fsp3) is 0.960. The van der Waals surface area contributed by atoms with Gasteiger partial charge >= 0.3 is 6.09 Å². The molecule has 0 radical (unpaired) electrons. The molecule has 0 rings (SSSR count). The van der Waals surface area contributed by atoms with Gasteiger partial charge in [0.1, 0.15) is 5.60 Å². The molecule has 0 fully saturated rings.